The van der Waals surface area contributed by atoms with Crippen LogP contribution in [0.3, 0.4) is 0 Å². The van der Waals surface area contributed by atoms with Gasteiger partial charge in [-0.25, -0.2) is 9.97 Å². The second-order valence-electron chi connectivity index (χ2n) is 5.61. The molecule has 0 unspecified atom stereocenters. The van der Waals surface area contributed by atoms with Crippen molar-refractivity contribution in [3.8, 4) is 6.07 Å². The third-order valence-corrected chi connectivity index (χ3v) is 4.06. The Hall–Kier alpha value is -3.14. The number of hydrogen-bond acceptors (Lipinski definition) is 5. The van der Waals surface area contributed by atoms with Crippen molar-refractivity contribution in [3.05, 3.63) is 75.5 Å². The molecule has 1 aromatic heterocycles. The van der Waals surface area contributed by atoms with Gasteiger partial charge in [0.25, 0.3) is 5.91 Å². The number of aromatic nitrogens is 2. The van der Waals surface area contributed by atoms with Gasteiger partial charge in [-0.15, -0.1) is 0 Å². The van der Waals surface area contributed by atoms with E-state index in [-0.39, 0.29) is 11.6 Å². The molecule has 0 radical (unpaired) electrons. The van der Waals surface area contributed by atoms with E-state index in [1.807, 2.05) is 6.07 Å². The van der Waals surface area contributed by atoms with Crippen molar-refractivity contribution in [3.63, 3.8) is 0 Å². The number of benzene rings is 2. The second-order valence-corrected chi connectivity index (χ2v) is 6.46. The maximum atomic E-state index is 12.5. The van der Waals surface area contributed by atoms with E-state index in [1.54, 1.807) is 55.5 Å². The molecule has 2 aromatic carbocycles. The Labute approximate surface area is 165 Å². The van der Waals surface area contributed by atoms with E-state index in [4.69, 9.17) is 28.5 Å². The lowest BCUT2D eigenvalue weighted by Gasteiger charge is -2.10. The van der Waals surface area contributed by atoms with Crippen LogP contribution in [0, 0.1) is 18.3 Å². The fourth-order valence-corrected chi connectivity index (χ4v) is 2.77. The zero-order valence-corrected chi connectivity index (χ0v) is 15.6. The largest absolute Gasteiger partial charge is 0.323 e. The standard InChI is InChI=1S/C19H13Cl2N5O/c1-11-7-17(18(27)24-14-4-2-3-12(8-14)10-22)26-19(23-11)25-16-6-5-13(20)9-15(16)21/h2-9H,1H3,(H,24,27)(H,23,25,26). The Morgan fingerprint density at radius 1 is 1.11 bits per heavy atom. The smallest absolute Gasteiger partial charge is 0.274 e. The average molecular weight is 398 g/mol. The lowest BCUT2D eigenvalue weighted by Crippen LogP contribution is -2.15. The van der Waals surface area contributed by atoms with Gasteiger partial charge in [0.15, 0.2) is 0 Å². The third-order valence-electron chi connectivity index (χ3n) is 3.51. The Kier molecular flexibility index (Phi) is 5.55. The summed E-state index contributed by atoms with van der Waals surface area (Å²) in [5, 5.41) is 15.6. The van der Waals surface area contributed by atoms with Crippen molar-refractivity contribution < 1.29 is 4.79 Å². The molecular formula is C19H13Cl2N5O. The highest BCUT2D eigenvalue weighted by atomic mass is 35.5. The van der Waals surface area contributed by atoms with Gasteiger partial charge >= 0.3 is 0 Å². The number of nitrogens with one attached hydrogen (secondary N) is 2. The molecule has 8 heteroatoms. The molecule has 0 fully saturated rings. The molecule has 0 atom stereocenters. The van der Waals surface area contributed by atoms with Gasteiger partial charge in [-0.1, -0.05) is 29.3 Å². The quantitative estimate of drug-likeness (QED) is 0.648. The minimum atomic E-state index is -0.416. The first kappa shape index (κ1) is 18.6. The average Bonchev–Trinajstić information content (AvgIpc) is 2.64. The van der Waals surface area contributed by atoms with Gasteiger partial charge in [-0.05, 0) is 49.4 Å². The molecule has 134 valence electrons. The molecule has 3 rings (SSSR count). The normalized spacial score (nSPS) is 10.1. The SMILES string of the molecule is Cc1cc(C(=O)Nc2cccc(C#N)c2)nc(Nc2ccc(Cl)cc2Cl)n1. The molecule has 1 amide bonds. The van der Waals surface area contributed by atoms with Crippen molar-refractivity contribution in [2.75, 3.05) is 10.6 Å². The van der Waals surface area contributed by atoms with E-state index in [1.165, 1.54) is 0 Å². The van der Waals surface area contributed by atoms with Crippen LogP contribution in [0.15, 0.2) is 48.5 Å². The highest BCUT2D eigenvalue weighted by Crippen LogP contribution is 2.27. The van der Waals surface area contributed by atoms with Crippen LogP contribution in [0.25, 0.3) is 0 Å². The van der Waals surface area contributed by atoms with Crippen LogP contribution in [0.4, 0.5) is 17.3 Å². The van der Waals surface area contributed by atoms with E-state index in [0.29, 0.717) is 32.7 Å². The van der Waals surface area contributed by atoms with Crippen molar-refractivity contribution >= 4 is 46.4 Å². The molecule has 0 aliphatic carbocycles. The van der Waals surface area contributed by atoms with Crippen molar-refractivity contribution in [2.45, 2.75) is 6.92 Å². The van der Waals surface area contributed by atoms with Gasteiger partial charge < -0.3 is 10.6 Å². The van der Waals surface area contributed by atoms with Gasteiger partial charge in [0, 0.05) is 16.4 Å². The molecule has 1 heterocycles. The van der Waals surface area contributed by atoms with Crippen molar-refractivity contribution in [1.29, 1.82) is 5.26 Å². The first-order valence-electron chi connectivity index (χ1n) is 7.84. The fourth-order valence-electron chi connectivity index (χ4n) is 2.31. The number of nitriles is 1. The van der Waals surface area contributed by atoms with Crippen LogP contribution in [0.2, 0.25) is 10.0 Å². The highest BCUT2D eigenvalue weighted by molar-refractivity contribution is 6.36. The molecule has 0 spiro atoms. The van der Waals surface area contributed by atoms with Gasteiger partial charge in [0.05, 0.1) is 22.3 Å². The molecule has 0 saturated carbocycles. The Morgan fingerprint density at radius 2 is 1.93 bits per heavy atom. The number of carbonyl (C=O) groups is 1. The van der Waals surface area contributed by atoms with Gasteiger partial charge in [0.2, 0.25) is 5.95 Å². The summed E-state index contributed by atoms with van der Waals surface area (Å²) in [6, 6.07) is 15.2. The summed E-state index contributed by atoms with van der Waals surface area (Å²) < 4.78 is 0. The summed E-state index contributed by atoms with van der Waals surface area (Å²) in [6.45, 7) is 1.75. The van der Waals surface area contributed by atoms with Crippen LogP contribution >= 0.6 is 23.2 Å². The van der Waals surface area contributed by atoms with Crippen LogP contribution in [0.1, 0.15) is 21.7 Å². The first-order valence-corrected chi connectivity index (χ1v) is 8.59. The number of carbonyl (C=O) groups excluding carboxylic acids is 1. The van der Waals surface area contributed by atoms with E-state index in [2.05, 4.69) is 20.6 Å². The molecule has 6 nitrogen and oxygen atoms in total. The number of nitrogens with zero attached hydrogens (tertiary/aromatic N) is 3. The molecule has 0 saturated heterocycles. The summed E-state index contributed by atoms with van der Waals surface area (Å²) in [6.07, 6.45) is 0. The Balaban J connectivity index is 1.84. The van der Waals surface area contributed by atoms with Crippen LogP contribution in [-0.2, 0) is 0 Å². The highest BCUT2D eigenvalue weighted by Gasteiger charge is 2.12. The van der Waals surface area contributed by atoms with E-state index in [9.17, 15) is 4.79 Å². The Morgan fingerprint density at radius 3 is 2.67 bits per heavy atom. The lowest BCUT2D eigenvalue weighted by atomic mass is 10.2. The second kappa shape index (κ2) is 8.04. The summed E-state index contributed by atoms with van der Waals surface area (Å²) >= 11 is 12.0. The van der Waals surface area contributed by atoms with Crippen LogP contribution in [0.5, 0.6) is 0 Å². The van der Waals surface area contributed by atoms with Crippen molar-refractivity contribution in [2.24, 2.45) is 0 Å². The molecular weight excluding hydrogens is 385 g/mol. The van der Waals surface area contributed by atoms with E-state index < -0.39 is 5.91 Å². The summed E-state index contributed by atoms with van der Waals surface area (Å²) in [5.74, 6) is -0.184. The van der Waals surface area contributed by atoms with E-state index in [0.717, 1.165) is 0 Å². The zero-order valence-electron chi connectivity index (χ0n) is 14.1. The molecule has 27 heavy (non-hydrogen) atoms. The minimum Gasteiger partial charge on any atom is -0.323 e. The van der Waals surface area contributed by atoms with Crippen molar-refractivity contribution in [1.82, 2.24) is 9.97 Å². The summed E-state index contributed by atoms with van der Waals surface area (Å²) in [7, 11) is 0. The summed E-state index contributed by atoms with van der Waals surface area (Å²) in [4.78, 5) is 21.0. The molecule has 0 aliphatic heterocycles. The topological polar surface area (TPSA) is 90.7 Å². The minimum absolute atomic E-state index is 0.178. The molecule has 0 bridgehead atoms. The lowest BCUT2D eigenvalue weighted by molar-refractivity contribution is 0.102. The molecule has 0 aliphatic rings. The molecule has 2 N–H and O–H groups in total. The van der Waals surface area contributed by atoms with Gasteiger partial charge in [-0.2, -0.15) is 5.26 Å². The predicted octanol–water partition coefficient (Wildman–Crippen LogP) is 4.96. The van der Waals surface area contributed by atoms with E-state index >= 15 is 0 Å². The monoisotopic (exact) mass is 397 g/mol. The fraction of sp³-hybridized carbons (Fsp3) is 0.0526. The maximum absolute atomic E-state index is 12.5. The van der Waals surface area contributed by atoms with Crippen LogP contribution in [-0.4, -0.2) is 15.9 Å². The number of rotatable bonds is 4. The number of halogens is 2. The summed E-state index contributed by atoms with van der Waals surface area (Å²) in [5.41, 5.74) is 2.31. The number of aryl methyl sites for hydroxylation is 1. The number of hydrogen-bond donors (Lipinski definition) is 2. The number of anilines is 3. The third kappa shape index (κ3) is 4.73. The predicted molar refractivity (Wildman–Crippen MR) is 106 cm³/mol. The Bertz CT molecular complexity index is 1060. The number of amides is 1. The van der Waals surface area contributed by atoms with Crippen LogP contribution < -0.4 is 10.6 Å². The van der Waals surface area contributed by atoms with Gasteiger partial charge in [0.1, 0.15) is 5.69 Å². The molecule has 3 aromatic rings. The zero-order chi connectivity index (χ0) is 19.4. The first-order chi connectivity index (χ1) is 12.9. The maximum Gasteiger partial charge on any atom is 0.274 e. The van der Waals surface area contributed by atoms with Gasteiger partial charge in [-0.3, -0.25) is 4.79 Å².